The highest BCUT2D eigenvalue weighted by Gasteiger charge is 2.21. The maximum absolute atomic E-state index is 13.6. The van der Waals surface area contributed by atoms with Crippen molar-refractivity contribution in [3.05, 3.63) is 102 Å². The van der Waals surface area contributed by atoms with Crippen LogP contribution in [0.3, 0.4) is 0 Å². The van der Waals surface area contributed by atoms with Gasteiger partial charge in [-0.15, -0.1) is 0 Å². The van der Waals surface area contributed by atoms with Gasteiger partial charge >= 0.3 is 0 Å². The van der Waals surface area contributed by atoms with Crippen LogP contribution in [0, 0.1) is 5.82 Å². The summed E-state index contributed by atoms with van der Waals surface area (Å²) in [7, 11) is 1.61. The van der Waals surface area contributed by atoms with Gasteiger partial charge in [0.2, 0.25) is 5.91 Å². The van der Waals surface area contributed by atoms with E-state index in [0.29, 0.717) is 42.3 Å². The van der Waals surface area contributed by atoms with Gasteiger partial charge in [0.1, 0.15) is 18.2 Å². The number of carbonyl (C=O) groups is 2. The monoisotopic (exact) mass is 570 g/mol. The van der Waals surface area contributed by atoms with Crippen molar-refractivity contribution in [2.75, 3.05) is 32.1 Å². The molecule has 0 aliphatic rings. The Labute approximate surface area is 247 Å². The molecule has 1 N–H and O–H groups in total. The van der Waals surface area contributed by atoms with E-state index in [4.69, 9.17) is 4.74 Å². The Balaban J connectivity index is 1.51. The molecule has 3 aromatic carbocycles. The Morgan fingerprint density at radius 3 is 2.36 bits per heavy atom. The van der Waals surface area contributed by atoms with E-state index in [9.17, 15) is 14.0 Å². The third kappa shape index (κ3) is 8.60. The summed E-state index contributed by atoms with van der Waals surface area (Å²) in [6.07, 6.45) is 6.34. The van der Waals surface area contributed by atoms with Crippen molar-refractivity contribution in [3.63, 3.8) is 0 Å². The Kier molecular flexibility index (Phi) is 11.4. The fourth-order valence-corrected chi connectivity index (χ4v) is 4.76. The van der Waals surface area contributed by atoms with Gasteiger partial charge in [-0.25, -0.2) is 9.07 Å². The van der Waals surface area contributed by atoms with Crippen molar-refractivity contribution in [2.24, 2.45) is 0 Å². The van der Waals surface area contributed by atoms with Crippen LogP contribution in [0.2, 0.25) is 0 Å². The smallest absolute Gasteiger partial charge is 0.254 e. The molecule has 0 atom stereocenters. The van der Waals surface area contributed by atoms with Gasteiger partial charge in [-0.05, 0) is 61.2 Å². The molecule has 42 heavy (non-hydrogen) atoms. The van der Waals surface area contributed by atoms with Crippen LogP contribution in [0.5, 0.6) is 0 Å². The Morgan fingerprint density at radius 2 is 1.67 bits per heavy atom. The number of halogens is 1. The van der Waals surface area contributed by atoms with Crippen LogP contribution in [0.4, 0.5) is 10.2 Å². The number of carbonyl (C=O) groups excluding carboxylic acids is 2. The molecule has 0 saturated carbocycles. The second kappa shape index (κ2) is 15.6. The average molecular weight is 571 g/mol. The molecule has 8 heteroatoms. The topological polar surface area (TPSA) is 76.5 Å². The Hall–Kier alpha value is -4.30. The van der Waals surface area contributed by atoms with Gasteiger partial charge in [-0.1, -0.05) is 68.7 Å². The fraction of sp³-hybridized carbons (Fsp3) is 0.324. The first-order valence-corrected chi connectivity index (χ1v) is 14.6. The van der Waals surface area contributed by atoms with Gasteiger partial charge in [-0.3, -0.25) is 9.59 Å². The second-order valence-electron chi connectivity index (χ2n) is 10.3. The van der Waals surface area contributed by atoms with Crippen LogP contribution in [0.25, 0.3) is 16.9 Å². The van der Waals surface area contributed by atoms with Crippen LogP contribution < -0.4 is 5.32 Å². The number of ether oxygens (including phenoxy) is 1. The molecule has 0 aliphatic heterocycles. The number of amides is 2. The number of rotatable bonds is 15. The largest absolute Gasteiger partial charge is 0.385 e. The van der Waals surface area contributed by atoms with E-state index in [0.717, 1.165) is 18.4 Å². The van der Waals surface area contributed by atoms with E-state index in [2.05, 4.69) is 17.3 Å². The molecule has 0 saturated heterocycles. The number of benzene rings is 3. The van der Waals surface area contributed by atoms with Gasteiger partial charge in [-0.2, -0.15) is 5.10 Å². The lowest BCUT2D eigenvalue weighted by molar-refractivity contribution is -0.117. The second-order valence-corrected chi connectivity index (χ2v) is 10.3. The number of aryl methyl sites for hydroxylation is 1. The molecular weight excluding hydrogens is 531 g/mol. The number of methoxy groups -OCH3 is 1. The van der Waals surface area contributed by atoms with E-state index >= 15 is 0 Å². The van der Waals surface area contributed by atoms with Crippen molar-refractivity contribution in [1.82, 2.24) is 14.7 Å². The van der Waals surface area contributed by atoms with Crippen LogP contribution in [0.1, 0.15) is 54.9 Å². The quantitative estimate of drug-likeness (QED) is 0.158. The highest BCUT2D eigenvalue weighted by molar-refractivity contribution is 5.99. The van der Waals surface area contributed by atoms with Gasteiger partial charge in [0.25, 0.3) is 5.91 Å². The van der Waals surface area contributed by atoms with Crippen LogP contribution in [-0.2, 0) is 16.0 Å². The number of nitrogens with one attached hydrogen (secondary N) is 1. The lowest BCUT2D eigenvalue weighted by Gasteiger charge is -2.22. The lowest BCUT2D eigenvalue weighted by atomic mass is 10.0. The zero-order valence-corrected chi connectivity index (χ0v) is 24.4. The van der Waals surface area contributed by atoms with Crippen LogP contribution >= 0.6 is 0 Å². The summed E-state index contributed by atoms with van der Waals surface area (Å²) in [5.74, 6) is -0.524. The SMILES string of the molecule is CCCCCCc1ccc(C(=O)N(CCCOC)CC(=O)Nc2cc(-c3ccccc3)nn2-c2ccc(F)cc2)cc1. The highest BCUT2D eigenvalue weighted by Crippen LogP contribution is 2.25. The molecule has 0 unspecified atom stereocenters. The molecule has 1 heterocycles. The summed E-state index contributed by atoms with van der Waals surface area (Å²) in [5, 5.41) is 7.60. The maximum Gasteiger partial charge on any atom is 0.254 e. The summed E-state index contributed by atoms with van der Waals surface area (Å²) in [5.41, 5.74) is 3.86. The summed E-state index contributed by atoms with van der Waals surface area (Å²) in [4.78, 5) is 28.4. The molecule has 0 spiro atoms. The Morgan fingerprint density at radius 1 is 0.929 bits per heavy atom. The molecule has 7 nitrogen and oxygen atoms in total. The van der Waals surface area contributed by atoms with Crippen molar-refractivity contribution < 1.29 is 18.7 Å². The maximum atomic E-state index is 13.6. The third-order valence-corrected chi connectivity index (χ3v) is 7.04. The molecule has 0 radical (unpaired) electrons. The van der Waals surface area contributed by atoms with Crippen molar-refractivity contribution in [1.29, 1.82) is 0 Å². The van der Waals surface area contributed by atoms with E-state index in [1.807, 2.05) is 54.6 Å². The first-order valence-electron chi connectivity index (χ1n) is 14.6. The molecule has 2 amide bonds. The predicted molar refractivity (Wildman–Crippen MR) is 164 cm³/mol. The van der Waals surface area contributed by atoms with Crippen LogP contribution in [-0.4, -0.2) is 53.3 Å². The minimum absolute atomic E-state index is 0.142. The molecule has 0 bridgehead atoms. The summed E-state index contributed by atoms with van der Waals surface area (Å²) in [6, 6.07) is 24.9. The lowest BCUT2D eigenvalue weighted by Crippen LogP contribution is -2.39. The minimum Gasteiger partial charge on any atom is -0.385 e. The fourth-order valence-electron chi connectivity index (χ4n) is 4.76. The van der Waals surface area contributed by atoms with Crippen molar-refractivity contribution in [2.45, 2.75) is 45.4 Å². The van der Waals surface area contributed by atoms with E-state index in [-0.39, 0.29) is 24.2 Å². The molecule has 220 valence electrons. The standard InChI is InChI=1S/C34H39FN4O3/c1-3-4-5-7-11-26-14-16-28(17-15-26)34(41)38(22-10-23-42-2)25-33(40)36-32-24-31(27-12-8-6-9-13-27)37-39(32)30-20-18-29(35)19-21-30/h6,8-9,12-21,24H,3-5,7,10-11,22-23,25H2,1-2H3,(H,36,40). The number of unbranched alkanes of at least 4 members (excludes halogenated alkanes) is 3. The van der Waals surface area contributed by atoms with E-state index < -0.39 is 0 Å². The number of hydrogen-bond donors (Lipinski definition) is 1. The Bertz CT molecular complexity index is 1420. The normalized spacial score (nSPS) is 10.9. The van der Waals surface area contributed by atoms with Gasteiger partial charge in [0.15, 0.2) is 0 Å². The average Bonchev–Trinajstić information content (AvgIpc) is 3.43. The zero-order valence-electron chi connectivity index (χ0n) is 24.4. The van der Waals surface area contributed by atoms with Crippen molar-refractivity contribution in [3.8, 4) is 16.9 Å². The van der Waals surface area contributed by atoms with Crippen LogP contribution in [0.15, 0.2) is 84.9 Å². The third-order valence-electron chi connectivity index (χ3n) is 7.04. The molecule has 4 rings (SSSR count). The first kappa shape index (κ1) is 30.7. The molecule has 4 aromatic rings. The summed E-state index contributed by atoms with van der Waals surface area (Å²) < 4.78 is 20.4. The molecule has 0 fully saturated rings. The number of nitrogens with zero attached hydrogens (tertiary/aromatic N) is 3. The van der Waals surface area contributed by atoms with Gasteiger partial charge in [0, 0.05) is 37.5 Å². The molecule has 0 aliphatic carbocycles. The number of aromatic nitrogens is 2. The predicted octanol–water partition coefficient (Wildman–Crippen LogP) is 6.92. The molecule has 1 aromatic heterocycles. The first-order chi connectivity index (χ1) is 20.5. The highest BCUT2D eigenvalue weighted by atomic mass is 19.1. The van der Waals surface area contributed by atoms with E-state index in [1.54, 1.807) is 34.9 Å². The number of anilines is 1. The summed E-state index contributed by atoms with van der Waals surface area (Å²) in [6.45, 7) is 2.89. The van der Waals surface area contributed by atoms with Gasteiger partial charge in [0.05, 0.1) is 11.4 Å². The van der Waals surface area contributed by atoms with Crippen molar-refractivity contribution >= 4 is 17.6 Å². The molecular formula is C34H39FN4O3. The number of hydrogen-bond acceptors (Lipinski definition) is 4. The minimum atomic E-state index is -0.366. The summed E-state index contributed by atoms with van der Waals surface area (Å²) >= 11 is 0. The zero-order chi connectivity index (χ0) is 29.7. The van der Waals surface area contributed by atoms with Gasteiger partial charge < -0.3 is 15.0 Å². The van der Waals surface area contributed by atoms with E-state index in [1.165, 1.54) is 37.0 Å².